The highest BCUT2D eigenvalue weighted by atomic mass is 16.2. The summed E-state index contributed by atoms with van der Waals surface area (Å²) >= 11 is 0. The van der Waals surface area contributed by atoms with Crippen LogP contribution in [0.2, 0.25) is 0 Å². The maximum absolute atomic E-state index is 13.3. The van der Waals surface area contributed by atoms with E-state index in [0.717, 1.165) is 16.8 Å². The third-order valence-corrected chi connectivity index (χ3v) is 6.82. The van der Waals surface area contributed by atoms with Crippen molar-refractivity contribution in [3.05, 3.63) is 77.6 Å². The topological polar surface area (TPSA) is 94.0 Å². The number of piperazine rings is 1. The zero-order valence-electron chi connectivity index (χ0n) is 21.1. The minimum absolute atomic E-state index is 0.00365. The van der Waals surface area contributed by atoms with Crippen LogP contribution in [0, 0.1) is 0 Å². The van der Waals surface area contributed by atoms with E-state index in [4.69, 9.17) is 0 Å². The normalized spacial score (nSPS) is 14.9. The lowest BCUT2D eigenvalue weighted by Crippen LogP contribution is -2.51. The summed E-state index contributed by atoms with van der Waals surface area (Å²) in [6.07, 6.45) is 3.43. The second-order valence-electron chi connectivity index (χ2n) is 9.56. The van der Waals surface area contributed by atoms with Gasteiger partial charge in [-0.15, -0.1) is 0 Å². The number of fused-ring (bicyclic) bond motifs is 1. The highest BCUT2D eigenvalue weighted by molar-refractivity contribution is 6.08. The summed E-state index contributed by atoms with van der Waals surface area (Å²) < 4.78 is 1.62. The fourth-order valence-electron chi connectivity index (χ4n) is 4.84. The Bertz CT molecular complexity index is 1300. The summed E-state index contributed by atoms with van der Waals surface area (Å²) in [4.78, 5) is 45.6. The molecule has 1 fully saturated rings. The van der Waals surface area contributed by atoms with Crippen molar-refractivity contribution in [1.82, 2.24) is 24.5 Å². The van der Waals surface area contributed by atoms with Gasteiger partial charge in [-0.25, -0.2) is 4.79 Å². The molecule has 2 aromatic carbocycles. The van der Waals surface area contributed by atoms with Gasteiger partial charge < -0.3 is 24.9 Å². The molecule has 1 aromatic heterocycles. The average Bonchev–Trinajstić information content (AvgIpc) is 3.58. The van der Waals surface area contributed by atoms with Gasteiger partial charge in [-0.1, -0.05) is 18.2 Å². The zero-order chi connectivity index (χ0) is 25.9. The Morgan fingerprint density at radius 3 is 2.41 bits per heavy atom. The van der Waals surface area contributed by atoms with Crippen LogP contribution in [0.5, 0.6) is 0 Å². The fraction of sp³-hybridized carbons (Fsp3) is 0.333. The summed E-state index contributed by atoms with van der Waals surface area (Å²) in [5, 5.41) is 7.15. The number of urea groups is 1. The molecule has 0 spiro atoms. The Kier molecular flexibility index (Phi) is 6.80. The smallest absolute Gasteiger partial charge is 0.319 e. The first-order valence-electron chi connectivity index (χ1n) is 12.4. The number of hydrogen-bond acceptors (Lipinski definition) is 5. The number of benzene rings is 2. The van der Waals surface area contributed by atoms with Crippen molar-refractivity contribution in [1.29, 1.82) is 0 Å². The Hall–Kier alpha value is -4.34. The minimum Gasteiger partial charge on any atom is -0.367 e. The van der Waals surface area contributed by atoms with E-state index in [0.29, 0.717) is 50.5 Å². The highest BCUT2D eigenvalue weighted by Crippen LogP contribution is 2.28. The van der Waals surface area contributed by atoms with Gasteiger partial charge in [0.1, 0.15) is 6.54 Å². The summed E-state index contributed by atoms with van der Waals surface area (Å²) in [6.45, 7) is 3.79. The predicted octanol–water partition coefficient (Wildman–Crippen LogP) is 2.48. The summed E-state index contributed by atoms with van der Waals surface area (Å²) in [5.74, 6) is -0.182. The number of amides is 4. The third kappa shape index (κ3) is 5.28. The van der Waals surface area contributed by atoms with Crippen molar-refractivity contribution in [2.75, 3.05) is 50.5 Å². The molecule has 0 radical (unpaired) electrons. The molecule has 0 aliphatic carbocycles. The molecule has 0 saturated carbocycles. The number of carbonyl (C=O) groups is 3. The second kappa shape index (κ2) is 10.3. The molecule has 10 nitrogen and oxygen atoms in total. The van der Waals surface area contributed by atoms with Crippen molar-refractivity contribution in [3.8, 4) is 0 Å². The third-order valence-electron chi connectivity index (χ3n) is 6.82. The van der Waals surface area contributed by atoms with Gasteiger partial charge in [0.2, 0.25) is 5.91 Å². The molecule has 1 saturated heterocycles. The lowest BCUT2D eigenvalue weighted by Gasteiger charge is -2.37. The van der Waals surface area contributed by atoms with Gasteiger partial charge in [0.15, 0.2) is 0 Å². The van der Waals surface area contributed by atoms with Gasteiger partial charge >= 0.3 is 6.03 Å². The molecule has 2 aliphatic rings. The van der Waals surface area contributed by atoms with E-state index in [1.165, 1.54) is 0 Å². The van der Waals surface area contributed by atoms with E-state index in [9.17, 15) is 14.4 Å². The summed E-state index contributed by atoms with van der Waals surface area (Å²) in [6, 6.07) is 15.2. The molecule has 3 aromatic rings. The number of anilines is 2. The quantitative estimate of drug-likeness (QED) is 0.580. The molecule has 37 heavy (non-hydrogen) atoms. The second-order valence-corrected chi connectivity index (χ2v) is 9.56. The molecule has 0 unspecified atom stereocenters. The van der Waals surface area contributed by atoms with Crippen molar-refractivity contribution in [2.24, 2.45) is 0 Å². The molecule has 0 bridgehead atoms. The number of aromatic nitrogens is 2. The first-order chi connectivity index (χ1) is 17.9. The largest absolute Gasteiger partial charge is 0.367 e. The van der Waals surface area contributed by atoms with E-state index in [-0.39, 0.29) is 24.4 Å². The van der Waals surface area contributed by atoms with E-state index >= 15 is 0 Å². The molecule has 10 heteroatoms. The Morgan fingerprint density at radius 2 is 1.68 bits per heavy atom. The standard InChI is InChI=1S/C27H31N7O3/c1-30(2)27(37)32-14-12-31(13-15-32)24-7-4-3-6-23(24)26(36)29-22-9-8-20-17-33(18-21(20)16-22)25(35)19-34-11-5-10-28-34/h3-11,16H,12-15,17-19H2,1-2H3,(H,29,36). The number of para-hydroxylation sites is 1. The number of carbonyl (C=O) groups excluding carboxylic acids is 3. The lowest BCUT2D eigenvalue weighted by atomic mass is 10.1. The van der Waals surface area contributed by atoms with Crippen molar-refractivity contribution in [2.45, 2.75) is 19.6 Å². The molecule has 5 rings (SSSR count). The van der Waals surface area contributed by atoms with Crippen LogP contribution >= 0.6 is 0 Å². The molecular weight excluding hydrogens is 470 g/mol. The van der Waals surface area contributed by atoms with Gasteiger partial charge in [-0.2, -0.15) is 5.10 Å². The van der Waals surface area contributed by atoms with Gasteiger partial charge in [0.05, 0.1) is 5.56 Å². The number of nitrogens with one attached hydrogen (secondary N) is 1. The van der Waals surface area contributed by atoms with Crippen molar-refractivity contribution >= 4 is 29.2 Å². The van der Waals surface area contributed by atoms with Gasteiger partial charge in [-0.05, 0) is 41.5 Å². The van der Waals surface area contributed by atoms with E-state index in [2.05, 4.69) is 15.3 Å². The lowest BCUT2D eigenvalue weighted by molar-refractivity contribution is -0.132. The Morgan fingerprint density at radius 1 is 0.919 bits per heavy atom. The van der Waals surface area contributed by atoms with E-state index < -0.39 is 0 Å². The molecule has 1 N–H and O–H groups in total. The van der Waals surface area contributed by atoms with Crippen molar-refractivity contribution in [3.63, 3.8) is 0 Å². The molecule has 192 valence electrons. The van der Waals surface area contributed by atoms with Crippen LogP contribution in [0.15, 0.2) is 60.9 Å². The van der Waals surface area contributed by atoms with Crippen LogP contribution in [0.1, 0.15) is 21.5 Å². The number of rotatable bonds is 5. The van der Waals surface area contributed by atoms with Gasteiger partial charge in [0, 0.05) is 77.1 Å². The van der Waals surface area contributed by atoms with Gasteiger partial charge in [0.25, 0.3) is 5.91 Å². The molecule has 4 amide bonds. The van der Waals surface area contributed by atoms with Crippen LogP contribution < -0.4 is 10.2 Å². The molecule has 2 aliphatic heterocycles. The van der Waals surface area contributed by atoms with Crippen LogP contribution in [-0.2, 0) is 24.4 Å². The molecular formula is C27H31N7O3. The van der Waals surface area contributed by atoms with Crippen LogP contribution in [0.25, 0.3) is 0 Å². The summed E-state index contributed by atoms with van der Waals surface area (Å²) in [5.41, 5.74) is 4.25. The Labute approximate surface area is 216 Å². The molecule has 0 atom stereocenters. The maximum atomic E-state index is 13.3. The summed E-state index contributed by atoms with van der Waals surface area (Å²) in [7, 11) is 3.51. The average molecular weight is 502 g/mol. The van der Waals surface area contributed by atoms with Crippen LogP contribution in [0.4, 0.5) is 16.2 Å². The maximum Gasteiger partial charge on any atom is 0.319 e. The first kappa shape index (κ1) is 24.4. The SMILES string of the molecule is CN(C)C(=O)N1CCN(c2ccccc2C(=O)Nc2ccc3c(c2)CN(C(=O)Cn2cccn2)C3)CC1. The van der Waals surface area contributed by atoms with Gasteiger partial charge in [-0.3, -0.25) is 14.3 Å². The van der Waals surface area contributed by atoms with E-state index in [1.807, 2.05) is 47.4 Å². The van der Waals surface area contributed by atoms with E-state index in [1.54, 1.807) is 47.0 Å². The predicted molar refractivity (Wildman–Crippen MR) is 140 cm³/mol. The monoisotopic (exact) mass is 501 g/mol. The number of nitrogens with zero attached hydrogens (tertiary/aromatic N) is 6. The van der Waals surface area contributed by atoms with Crippen LogP contribution in [-0.4, -0.2) is 82.6 Å². The number of hydrogen-bond donors (Lipinski definition) is 1. The highest BCUT2D eigenvalue weighted by Gasteiger charge is 2.26. The fourth-order valence-corrected chi connectivity index (χ4v) is 4.84. The van der Waals surface area contributed by atoms with Crippen molar-refractivity contribution < 1.29 is 14.4 Å². The zero-order valence-corrected chi connectivity index (χ0v) is 21.1. The Balaban J connectivity index is 1.23. The first-order valence-corrected chi connectivity index (χ1v) is 12.4. The minimum atomic E-state index is -0.188. The molecule has 3 heterocycles. The van der Waals surface area contributed by atoms with Crippen LogP contribution in [0.3, 0.4) is 0 Å².